The summed E-state index contributed by atoms with van der Waals surface area (Å²) in [7, 11) is 0. The predicted molar refractivity (Wildman–Crippen MR) is 66.0 cm³/mol. The second-order valence-corrected chi connectivity index (χ2v) is 5.53. The number of likely N-dealkylation sites (tertiary alicyclic amines) is 1. The molecule has 2 heteroatoms. The second-order valence-electron chi connectivity index (χ2n) is 5.53. The lowest BCUT2D eigenvalue weighted by atomic mass is 9.92. The average Bonchev–Trinajstić information content (AvgIpc) is 3.06. The van der Waals surface area contributed by atoms with Crippen LogP contribution in [0, 0.1) is 5.41 Å². The van der Waals surface area contributed by atoms with Crippen LogP contribution in [0.1, 0.15) is 36.9 Å². The van der Waals surface area contributed by atoms with E-state index in [1.165, 1.54) is 37.1 Å². The first kappa shape index (κ1) is 10.3. The number of nitrogens with two attached hydrogens (primary N) is 1. The maximum absolute atomic E-state index is 5.61. The van der Waals surface area contributed by atoms with Crippen LogP contribution in [0.4, 0.5) is 0 Å². The van der Waals surface area contributed by atoms with Gasteiger partial charge in [-0.05, 0) is 36.3 Å². The van der Waals surface area contributed by atoms with E-state index in [2.05, 4.69) is 36.1 Å². The lowest BCUT2D eigenvalue weighted by Gasteiger charge is -2.44. The molecule has 2 fully saturated rings. The molecular weight excluding hydrogens is 196 g/mol. The van der Waals surface area contributed by atoms with Gasteiger partial charge in [0.05, 0.1) is 0 Å². The van der Waals surface area contributed by atoms with Crippen LogP contribution < -0.4 is 5.73 Å². The van der Waals surface area contributed by atoms with Gasteiger partial charge in [-0.25, -0.2) is 0 Å². The van der Waals surface area contributed by atoms with Gasteiger partial charge in [-0.2, -0.15) is 0 Å². The topological polar surface area (TPSA) is 29.3 Å². The Hall–Kier alpha value is -0.860. The number of hydrogen-bond donors (Lipinski definition) is 1. The van der Waals surface area contributed by atoms with Crippen molar-refractivity contribution >= 4 is 0 Å². The fourth-order valence-corrected chi connectivity index (χ4v) is 2.73. The fraction of sp³-hybridized carbons (Fsp3) is 0.571. The lowest BCUT2D eigenvalue weighted by molar-refractivity contribution is 0.0429. The molecule has 86 valence electrons. The summed E-state index contributed by atoms with van der Waals surface area (Å²) in [6, 6.07) is 9.32. The average molecular weight is 216 g/mol. The second kappa shape index (κ2) is 3.57. The number of rotatable bonds is 3. The minimum absolute atomic E-state index is 0.568. The molecule has 1 saturated heterocycles. The summed E-state index contributed by atoms with van der Waals surface area (Å²) in [6.07, 6.45) is 2.92. The van der Waals surface area contributed by atoms with Gasteiger partial charge in [0.2, 0.25) is 0 Å². The quantitative estimate of drug-likeness (QED) is 0.840. The summed E-state index contributed by atoms with van der Waals surface area (Å²) >= 11 is 0. The molecule has 1 aromatic carbocycles. The van der Waals surface area contributed by atoms with E-state index >= 15 is 0 Å². The molecule has 1 aliphatic heterocycles. The Morgan fingerprint density at radius 3 is 2.38 bits per heavy atom. The summed E-state index contributed by atoms with van der Waals surface area (Å²) in [6.45, 7) is 5.58. The van der Waals surface area contributed by atoms with Gasteiger partial charge in [-0.3, -0.25) is 4.90 Å². The Bertz CT molecular complexity index is 370. The zero-order valence-electron chi connectivity index (χ0n) is 9.95. The SMILES string of the molecule is CC(c1ccc(CN)cc1)N1CC2(CC2)C1. The monoisotopic (exact) mass is 216 g/mol. The van der Waals surface area contributed by atoms with Crippen molar-refractivity contribution in [2.24, 2.45) is 11.1 Å². The Labute approximate surface area is 97.4 Å². The molecule has 1 spiro atoms. The lowest BCUT2D eigenvalue weighted by Crippen LogP contribution is -2.49. The van der Waals surface area contributed by atoms with Crippen molar-refractivity contribution < 1.29 is 0 Å². The van der Waals surface area contributed by atoms with Crippen molar-refractivity contribution in [2.45, 2.75) is 32.4 Å². The van der Waals surface area contributed by atoms with Crippen molar-refractivity contribution in [3.8, 4) is 0 Å². The van der Waals surface area contributed by atoms with E-state index in [4.69, 9.17) is 5.73 Å². The van der Waals surface area contributed by atoms with Gasteiger partial charge in [0.15, 0.2) is 0 Å². The van der Waals surface area contributed by atoms with Crippen LogP contribution in [-0.2, 0) is 6.54 Å². The van der Waals surface area contributed by atoms with Gasteiger partial charge < -0.3 is 5.73 Å². The van der Waals surface area contributed by atoms with Crippen molar-refractivity contribution in [2.75, 3.05) is 13.1 Å². The third-order valence-corrected chi connectivity index (χ3v) is 4.28. The third-order valence-electron chi connectivity index (χ3n) is 4.28. The van der Waals surface area contributed by atoms with E-state index < -0.39 is 0 Å². The van der Waals surface area contributed by atoms with Crippen LogP contribution in [0.15, 0.2) is 24.3 Å². The van der Waals surface area contributed by atoms with Crippen LogP contribution >= 0.6 is 0 Å². The smallest absolute Gasteiger partial charge is 0.0320 e. The van der Waals surface area contributed by atoms with Gasteiger partial charge in [-0.15, -0.1) is 0 Å². The Balaban J connectivity index is 1.66. The summed E-state index contributed by atoms with van der Waals surface area (Å²) in [5.74, 6) is 0. The van der Waals surface area contributed by atoms with E-state index in [0.717, 1.165) is 5.41 Å². The van der Waals surface area contributed by atoms with Crippen LogP contribution in [0.3, 0.4) is 0 Å². The first-order chi connectivity index (χ1) is 7.72. The molecule has 1 atom stereocenters. The Morgan fingerprint density at radius 1 is 1.25 bits per heavy atom. The third kappa shape index (κ3) is 1.66. The molecule has 1 saturated carbocycles. The minimum Gasteiger partial charge on any atom is -0.326 e. The molecule has 2 aliphatic rings. The first-order valence-corrected chi connectivity index (χ1v) is 6.25. The van der Waals surface area contributed by atoms with Crippen LogP contribution in [0.25, 0.3) is 0 Å². The molecule has 2 N–H and O–H groups in total. The van der Waals surface area contributed by atoms with Gasteiger partial charge in [0.25, 0.3) is 0 Å². The molecule has 1 unspecified atom stereocenters. The maximum Gasteiger partial charge on any atom is 0.0320 e. The van der Waals surface area contributed by atoms with E-state index in [0.29, 0.717) is 12.6 Å². The van der Waals surface area contributed by atoms with Crippen molar-refractivity contribution in [1.29, 1.82) is 0 Å². The molecule has 1 aromatic rings. The molecule has 1 heterocycles. The van der Waals surface area contributed by atoms with Crippen LogP contribution in [-0.4, -0.2) is 18.0 Å². The predicted octanol–water partition coefficient (Wildman–Crippen LogP) is 2.30. The maximum atomic E-state index is 5.61. The summed E-state index contributed by atoms with van der Waals surface area (Å²) in [4.78, 5) is 2.59. The zero-order chi connectivity index (χ0) is 11.2. The summed E-state index contributed by atoms with van der Waals surface area (Å²) in [5, 5.41) is 0. The molecule has 0 aromatic heterocycles. The number of nitrogens with zero attached hydrogens (tertiary/aromatic N) is 1. The molecule has 3 rings (SSSR count). The highest BCUT2D eigenvalue weighted by Gasteiger charge is 2.53. The molecule has 0 amide bonds. The molecule has 2 nitrogen and oxygen atoms in total. The largest absolute Gasteiger partial charge is 0.326 e. The van der Waals surface area contributed by atoms with E-state index in [-0.39, 0.29) is 0 Å². The Morgan fingerprint density at radius 2 is 1.88 bits per heavy atom. The van der Waals surface area contributed by atoms with E-state index in [9.17, 15) is 0 Å². The molecule has 0 bridgehead atoms. The molecule has 1 aliphatic carbocycles. The van der Waals surface area contributed by atoms with Gasteiger partial charge in [0.1, 0.15) is 0 Å². The number of benzene rings is 1. The highest BCUT2D eigenvalue weighted by Crippen LogP contribution is 2.54. The molecule has 0 radical (unpaired) electrons. The van der Waals surface area contributed by atoms with Crippen molar-refractivity contribution in [1.82, 2.24) is 4.90 Å². The molecular formula is C14H20N2. The van der Waals surface area contributed by atoms with Crippen LogP contribution in [0.2, 0.25) is 0 Å². The summed E-state index contributed by atoms with van der Waals surface area (Å²) < 4.78 is 0. The number of hydrogen-bond acceptors (Lipinski definition) is 2. The standard InChI is InChI=1S/C14H20N2/c1-11(16-9-14(10-16)6-7-14)13-4-2-12(8-15)3-5-13/h2-5,11H,6-10,15H2,1H3. The van der Waals surface area contributed by atoms with Crippen LogP contribution in [0.5, 0.6) is 0 Å². The highest BCUT2D eigenvalue weighted by atomic mass is 15.2. The minimum atomic E-state index is 0.568. The zero-order valence-corrected chi connectivity index (χ0v) is 9.95. The van der Waals surface area contributed by atoms with Crippen molar-refractivity contribution in [3.05, 3.63) is 35.4 Å². The Kier molecular flexibility index (Phi) is 2.30. The van der Waals surface area contributed by atoms with E-state index in [1.807, 2.05) is 0 Å². The molecule has 16 heavy (non-hydrogen) atoms. The van der Waals surface area contributed by atoms with Gasteiger partial charge in [0, 0.05) is 25.7 Å². The highest BCUT2D eigenvalue weighted by molar-refractivity contribution is 5.25. The van der Waals surface area contributed by atoms with E-state index in [1.54, 1.807) is 0 Å². The van der Waals surface area contributed by atoms with Gasteiger partial charge >= 0.3 is 0 Å². The normalized spacial score (nSPS) is 24.1. The van der Waals surface area contributed by atoms with Crippen molar-refractivity contribution in [3.63, 3.8) is 0 Å². The summed E-state index contributed by atoms with van der Waals surface area (Å²) in [5.41, 5.74) is 9.01. The first-order valence-electron chi connectivity index (χ1n) is 6.25. The van der Waals surface area contributed by atoms with Gasteiger partial charge in [-0.1, -0.05) is 24.3 Å². The fourth-order valence-electron chi connectivity index (χ4n) is 2.73.